The Morgan fingerprint density at radius 2 is 2.06 bits per heavy atom. The second-order valence-corrected chi connectivity index (χ2v) is 3.66. The van der Waals surface area contributed by atoms with E-state index in [1.54, 1.807) is 4.90 Å². The Morgan fingerprint density at radius 3 is 2.50 bits per heavy atom. The van der Waals surface area contributed by atoms with Gasteiger partial charge in [0.25, 0.3) is 0 Å². The molecule has 1 aromatic rings. The van der Waals surface area contributed by atoms with Crippen LogP contribution in [0.3, 0.4) is 0 Å². The van der Waals surface area contributed by atoms with E-state index in [0.29, 0.717) is 25.3 Å². The first kappa shape index (κ1) is 11.1. The van der Waals surface area contributed by atoms with Gasteiger partial charge in [0.2, 0.25) is 0 Å². The highest BCUT2D eigenvalue weighted by atomic mass is 19.4. The topological polar surface area (TPSA) is 49.2 Å². The summed E-state index contributed by atoms with van der Waals surface area (Å²) in [5, 5.41) is 15.9. The van der Waals surface area contributed by atoms with Crippen LogP contribution in [0.1, 0.15) is 12.1 Å². The molecule has 0 aromatic carbocycles. The molecule has 0 aliphatic carbocycles. The fraction of sp³-hybridized carbons (Fsp3) is 0.556. The van der Waals surface area contributed by atoms with Gasteiger partial charge >= 0.3 is 6.18 Å². The van der Waals surface area contributed by atoms with E-state index in [1.807, 2.05) is 0 Å². The Balaban J connectivity index is 2.14. The van der Waals surface area contributed by atoms with Crippen molar-refractivity contribution in [2.75, 3.05) is 18.0 Å². The number of halogens is 3. The maximum Gasteiger partial charge on any atom is 0.435 e. The van der Waals surface area contributed by atoms with Gasteiger partial charge < -0.3 is 10.0 Å². The molecule has 1 N–H and O–H groups in total. The van der Waals surface area contributed by atoms with E-state index in [1.165, 1.54) is 6.07 Å². The number of nitrogens with zero attached hydrogens (tertiary/aromatic N) is 3. The molecule has 1 aliphatic rings. The third-order valence-electron chi connectivity index (χ3n) is 2.43. The summed E-state index contributed by atoms with van der Waals surface area (Å²) in [5.74, 6) is 0.365. The first-order valence-corrected chi connectivity index (χ1v) is 4.81. The molecule has 0 spiro atoms. The summed E-state index contributed by atoms with van der Waals surface area (Å²) in [4.78, 5) is 1.71. The zero-order chi connectivity index (χ0) is 11.8. The molecule has 1 fully saturated rings. The molecule has 1 atom stereocenters. The van der Waals surface area contributed by atoms with Crippen molar-refractivity contribution < 1.29 is 18.3 Å². The average Bonchev–Trinajstić information content (AvgIpc) is 2.64. The van der Waals surface area contributed by atoms with Crippen LogP contribution in [0.25, 0.3) is 0 Å². The van der Waals surface area contributed by atoms with Crippen LogP contribution in [0, 0.1) is 0 Å². The van der Waals surface area contributed by atoms with Crippen molar-refractivity contribution in [3.63, 3.8) is 0 Å². The number of hydrogen-bond donors (Lipinski definition) is 1. The lowest BCUT2D eigenvalue weighted by Gasteiger charge is -2.15. The number of aliphatic hydroxyl groups is 1. The molecule has 1 aliphatic heterocycles. The normalized spacial score (nSPS) is 21.5. The summed E-state index contributed by atoms with van der Waals surface area (Å²) in [7, 11) is 0. The minimum absolute atomic E-state index is 0.365. The Morgan fingerprint density at radius 1 is 1.31 bits per heavy atom. The monoisotopic (exact) mass is 233 g/mol. The maximum absolute atomic E-state index is 12.2. The number of aromatic nitrogens is 2. The Bertz CT molecular complexity index is 365. The molecule has 1 saturated heterocycles. The van der Waals surface area contributed by atoms with E-state index in [0.717, 1.165) is 6.07 Å². The lowest BCUT2D eigenvalue weighted by molar-refractivity contribution is -0.141. The molecule has 2 heterocycles. The van der Waals surface area contributed by atoms with Crippen LogP contribution in [0.5, 0.6) is 0 Å². The molecule has 0 amide bonds. The smallest absolute Gasteiger partial charge is 0.391 e. The predicted octanol–water partition coefficient (Wildman–Crippen LogP) is 1.07. The maximum atomic E-state index is 12.2. The number of anilines is 1. The van der Waals surface area contributed by atoms with Crippen LogP contribution >= 0.6 is 0 Å². The predicted molar refractivity (Wildman–Crippen MR) is 49.9 cm³/mol. The minimum Gasteiger partial charge on any atom is -0.391 e. The van der Waals surface area contributed by atoms with Crippen LogP contribution in [-0.2, 0) is 6.18 Å². The second kappa shape index (κ2) is 3.89. The van der Waals surface area contributed by atoms with Crippen molar-refractivity contribution in [3.05, 3.63) is 17.8 Å². The third-order valence-corrected chi connectivity index (χ3v) is 2.43. The van der Waals surface area contributed by atoms with E-state index in [2.05, 4.69) is 10.2 Å². The van der Waals surface area contributed by atoms with E-state index in [4.69, 9.17) is 0 Å². The number of hydrogen-bond acceptors (Lipinski definition) is 4. The summed E-state index contributed by atoms with van der Waals surface area (Å²) in [5.41, 5.74) is -1.00. The van der Waals surface area contributed by atoms with Gasteiger partial charge in [-0.1, -0.05) is 0 Å². The van der Waals surface area contributed by atoms with E-state index in [9.17, 15) is 18.3 Å². The molecule has 16 heavy (non-hydrogen) atoms. The number of aliphatic hydroxyl groups excluding tert-OH is 1. The molecule has 0 unspecified atom stereocenters. The van der Waals surface area contributed by atoms with Gasteiger partial charge in [0.05, 0.1) is 6.10 Å². The minimum atomic E-state index is -4.46. The fourth-order valence-electron chi connectivity index (χ4n) is 1.59. The van der Waals surface area contributed by atoms with E-state index < -0.39 is 18.0 Å². The lowest BCUT2D eigenvalue weighted by Crippen LogP contribution is -2.23. The molecule has 0 saturated carbocycles. The van der Waals surface area contributed by atoms with Crippen LogP contribution in [-0.4, -0.2) is 34.5 Å². The van der Waals surface area contributed by atoms with Gasteiger partial charge in [-0.25, -0.2) is 0 Å². The lowest BCUT2D eigenvalue weighted by atomic mass is 10.3. The summed E-state index contributed by atoms with van der Waals surface area (Å²) in [6.45, 7) is 0.973. The van der Waals surface area contributed by atoms with Gasteiger partial charge in [-0.15, -0.1) is 10.2 Å². The standard InChI is InChI=1S/C9H10F3N3O/c10-9(11,12)7-1-2-8(14-13-7)15-4-3-6(16)5-15/h1-2,6,16H,3-5H2/t6-/m0/s1. The van der Waals surface area contributed by atoms with Crippen LogP contribution in [0.15, 0.2) is 12.1 Å². The average molecular weight is 233 g/mol. The summed E-state index contributed by atoms with van der Waals surface area (Å²) >= 11 is 0. The second-order valence-electron chi connectivity index (χ2n) is 3.66. The molecular formula is C9H10F3N3O. The highest BCUT2D eigenvalue weighted by molar-refractivity contribution is 5.39. The van der Waals surface area contributed by atoms with Crippen LogP contribution < -0.4 is 4.90 Å². The van der Waals surface area contributed by atoms with E-state index in [-0.39, 0.29) is 0 Å². The number of rotatable bonds is 1. The SMILES string of the molecule is O[C@H]1CCN(c2ccc(C(F)(F)F)nn2)C1. The highest BCUT2D eigenvalue weighted by Gasteiger charge is 2.33. The van der Waals surface area contributed by atoms with Gasteiger partial charge in [0.1, 0.15) is 0 Å². The van der Waals surface area contributed by atoms with Crippen molar-refractivity contribution in [1.29, 1.82) is 0 Å². The molecular weight excluding hydrogens is 223 g/mol. The van der Waals surface area contributed by atoms with Gasteiger partial charge in [-0.05, 0) is 18.6 Å². The number of β-amino-alcohol motifs (C(OH)–C–C–N with tert-alkyl or cyclic N) is 1. The zero-order valence-electron chi connectivity index (χ0n) is 8.28. The highest BCUT2D eigenvalue weighted by Crippen LogP contribution is 2.28. The zero-order valence-corrected chi connectivity index (χ0v) is 8.28. The summed E-state index contributed by atoms with van der Waals surface area (Å²) in [6, 6.07) is 2.17. The number of alkyl halides is 3. The van der Waals surface area contributed by atoms with Gasteiger partial charge in [0, 0.05) is 13.1 Å². The summed E-state index contributed by atoms with van der Waals surface area (Å²) in [6.07, 6.45) is -4.30. The Hall–Kier alpha value is -1.37. The van der Waals surface area contributed by atoms with Crippen LogP contribution in [0.4, 0.5) is 19.0 Å². The molecule has 1 aromatic heterocycles. The Kier molecular flexibility index (Phi) is 2.71. The first-order valence-electron chi connectivity index (χ1n) is 4.81. The Labute approximate surface area is 89.7 Å². The van der Waals surface area contributed by atoms with Crippen LogP contribution in [0.2, 0.25) is 0 Å². The van der Waals surface area contributed by atoms with Gasteiger partial charge in [0.15, 0.2) is 11.5 Å². The summed E-state index contributed by atoms with van der Waals surface area (Å²) < 4.78 is 36.6. The van der Waals surface area contributed by atoms with Crippen molar-refractivity contribution in [1.82, 2.24) is 10.2 Å². The third kappa shape index (κ3) is 2.24. The van der Waals surface area contributed by atoms with E-state index >= 15 is 0 Å². The van der Waals surface area contributed by atoms with Crippen molar-refractivity contribution >= 4 is 5.82 Å². The van der Waals surface area contributed by atoms with Crippen molar-refractivity contribution in [3.8, 4) is 0 Å². The molecule has 4 nitrogen and oxygen atoms in total. The molecule has 7 heteroatoms. The largest absolute Gasteiger partial charge is 0.435 e. The molecule has 2 rings (SSSR count). The van der Waals surface area contributed by atoms with Gasteiger partial charge in [-0.2, -0.15) is 13.2 Å². The molecule has 0 bridgehead atoms. The van der Waals surface area contributed by atoms with Crippen molar-refractivity contribution in [2.24, 2.45) is 0 Å². The quantitative estimate of drug-likeness (QED) is 0.788. The molecule has 0 radical (unpaired) electrons. The van der Waals surface area contributed by atoms with Gasteiger partial charge in [-0.3, -0.25) is 0 Å². The van der Waals surface area contributed by atoms with Crippen molar-refractivity contribution in [2.45, 2.75) is 18.7 Å². The first-order chi connectivity index (χ1) is 7.47. The fourth-order valence-corrected chi connectivity index (χ4v) is 1.59. The molecule has 88 valence electrons.